The second kappa shape index (κ2) is 4.49. The maximum Gasteiger partial charge on any atom is 0.434 e. The molecule has 0 bridgehead atoms. The Hall–Kier alpha value is -2.35. The predicted molar refractivity (Wildman–Crippen MR) is 59.4 cm³/mol. The lowest BCUT2D eigenvalue weighted by Crippen LogP contribution is -2.11. The number of aromatic nitrogens is 1. The number of hydrogen-bond acceptors (Lipinski definition) is 2. The molecule has 90 valence electrons. The topological polar surface area (TPSA) is 36.7 Å². The fourth-order valence-electron chi connectivity index (χ4n) is 1.65. The molecule has 0 amide bonds. The molecule has 0 fully saturated rings. The van der Waals surface area contributed by atoms with E-state index in [1.54, 1.807) is 36.4 Å². The molecule has 2 rings (SSSR count). The highest BCUT2D eigenvalue weighted by atomic mass is 19.4. The molecule has 1 aromatic carbocycles. The number of hydrogen-bond donors (Lipinski definition) is 0. The molecule has 0 saturated heterocycles. The van der Waals surface area contributed by atoms with Gasteiger partial charge >= 0.3 is 6.18 Å². The molecule has 0 aliphatic heterocycles. The Morgan fingerprint density at radius 3 is 2.28 bits per heavy atom. The van der Waals surface area contributed by atoms with E-state index >= 15 is 0 Å². The number of alkyl halides is 3. The van der Waals surface area contributed by atoms with Crippen LogP contribution in [0, 0.1) is 11.3 Å². The zero-order valence-corrected chi connectivity index (χ0v) is 9.07. The van der Waals surface area contributed by atoms with Crippen molar-refractivity contribution in [2.45, 2.75) is 6.18 Å². The second-order valence-electron chi connectivity index (χ2n) is 3.56. The Balaban J connectivity index is 2.68. The minimum absolute atomic E-state index is 0.237. The quantitative estimate of drug-likeness (QED) is 0.772. The van der Waals surface area contributed by atoms with E-state index in [2.05, 4.69) is 4.98 Å². The summed E-state index contributed by atoms with van der Waals surface area (Å²) in [6.07, 6.45) is -3.57. The standard InChI is InChI=1S/C13H7F3N2/c14-13(15,16)12-11(8-17)10(6-7-18-12)9-4-2-1-3-5-9/h1-7H. The van der Waals surface area contributed by atoms with Gasteiger partial charge in [0.1, 0.15) is 6.07 Å². The Bertz CT molecular complexity index is 598. The van der Waals surface area contributed by atoms with Crippen LogP contribution < -0.4 is 0 Å². The van der Waals surface area contributed by atoms with Crippen LogP contribution in [0.4, 0.5) is 13.2 Å². The maximum absolute atomic E-state index is 12.7. The van der Waals surface area contributed by atoms with E-state index in [0.717, 1.165) is 6.20 Å². The Labute approximate surface area is 101 Å². The van der Waals surface area contributed by atoms with Gasteiger partial charge in [-0.25, -0.2) is 0 Å². The summed E-state index contributed by atoms with van der Waals surface area (Å²) in [5, 5.41) is 8.93. The summed E-state index contributed by atoms with van der Waals surface area (Å²) in [6.45, 7) is 0. The normalized spacial score (nSPS) is 11.0. The van der Waals surface area contributed by atoms with Crippen molar-refractivity contribution in [1.82, 2.24) is 4.98 Å². The number of rotatable bonds is 1. The number of nitriles is 1. The molecule has 0 radical (unpaired) electrons. The van der Waals surface area contributed by atoms with Gasteiger partial charge in [-0.1, -0.05) is 30.3 Å². The highest BCUT2D eigenvalue weighted by Gasteiger charge is 2.36. The molecule has 1 heterocycles. The van der Waals surface area contributed by atoms with E-state index < -0.39 is 17.4 Å². The van der Waals surface area contributed by atoms with Crippen LogP contribution in [0.2, 0.25) is 0 Å². The van der Waals surface area contributed by atoms with Gasteiger partial charge in [-0.2, -0.15) is 18.4 Å². The molecule has 1 aromatic heterocycles. The fourth-order valence-corrected chi connectivity index (χ4v) is 1.65. The summed E-state index contributed by atoms with van der Waals surface area (Å²) < 4.78 is 38.2. The largest absolute Gasteiger partial charge is 0.434 e. The van der Waals surface area contributed by atoms with Crippen molar-refractivity contribution in [3.63, 3.8) is 0 Å². The monoisotopic (exact) mass is 248 g/mol. The molecular formula is C13H7F3N2. The van der Waals surface area contributed by atoms with Crippen molar-refractivity contribution in [2.75, 3.05) is 0 Å². The van der Waals surface area contributed by atoms with E-state index in [0.29, 0.717) is 5.56 Å². The zero-order valence-electron chi connectivity index (χ0n) is 9.07. The van der Waals surface area contributed by atoms with Crippen LogP contribution in [-0.4, -0.2) is 4.98 Å². The van der Waals surface area contributed by atoms with Gasteiger partial charge in [-0.15, -0.1) is 0 Å². The third kappa shape index (κ3) is 2.18. The van der Waals surface area contributed by atoms with Gasteiger partial charge in [0.15, 0.2) is 5.69 Å². The second-order valence-corrected chi connectivity index (χ2v) is 3.56. The SMILES string of the molecule is N#Cc1c(-c2ccccc2)ccnc1C(F)(F)F. The predicted octanol–water partition coefficient (Wildman–Crippen LogP) is 3.64. The average Bonchev–Trinajstić information content (AvgIpc) is 2.37. The summed E-state index contributed by atoms with van der Waals surface area (Å²) in [5.41, 5.74) is -0.801. The highest BCUT2D eigenvalue weighted by Crippen LogP contribution is 2.34. The van der Waals surface area contributed by atoms with Gasteiger partial charge in [0.05, 0.1) is 5.56 Å². The minimum Gasteiger partial charge on any atom is -0.250 e. The molecule has 0 aliphatic rings. The van der Waals surface area contributed by atoms with Crippen LogP contribution in [-0.2, 0) is 6.18 Å². The minimum atomic E-state index is -4.63. The molecule has 0 saturated carbocycles. The number of pyridine rings is 1. The van der Waals surface area contributed by atoms with E-state index in [4.69, 9.17) is 5.26 Å². The molecule has 2 nitrogen and oxygen atoms in total. The van der Waals surface area contributed by atoms with Gasteiger partial charge < -0.3 is 0 Å². The first kappa shape index (κ1) is 12.1. The molecule has 5 heteroatoms. The van der Waals surface area contributed by atoms with E-state index in [9.17, 15) is 13.2 Å². The maximum atomic E-state index is 12.7. The van der Waals surface area contributed by atoms with E-state index in [-0.39, 0.29) is 5.56 Å². The summed E-state index contributed by atoms with van der Waals surface area (Å²) in [4.78, 5) is 3.26. The van der Waals surface area contributed by atoms with Crippen LogP contribution in [0.5, 0.6) is 0 Å². The molecule has 0 aliphatic carbocycles. The van der Waals surface area contributed by atoms with Gasteiger partial charge in [0.25, 0.3) is 0 Å². The van der Waals surface area contributed by atoms with Crippen LogP contribution in [0.15, 0.2) is 42.6 Å². The molecule has 0 N–H and O–H groups in total. The van der Waals surface area contributed by atoms with Crippen molar-refractivity contribution in [3.05, 3.63) is 53.9 Å². The summed E-state index contributed by atoms with van der Waals surface area (Å²) in [6, 6.07) is 11.4. The first-order chi connectivity index (χ1) is 8.54. The smallest absolute Gasteiger partial charge is 0.250 e. The fraction of sp³-hybridized carbons (Fsp3) is 0.0769. The van der Waals surface area contributed by atoms with Crippen LogP contribution in [0.3, 0.4) is 0 Å². The molecule has 0 atom stereocenters. The van der Waals surface area contributed by atoms with E-state index in [1.165, 1.54) is 6.07 Å². The van der Waals surface area contributed by atoms with E-state index in [1.807, 2.05) is 0 Å². The van der Waals surface area contributed by atoms with Crippen molar-refractivity contribution < 1.29 is 13.2 Å². The lowest BCUT2D eigenvalue weighted by Gasteiger charge is -2.10. The summed E-state index contributed by atoms with van der Waals surface area (Å²) in [5.74, 6) is 0. The first-order valence-corrected chi connectivity index (χ1v) is 5.06. The molecule has 2 aromatic rings. The first-order valence-electron chi connectivity index (χ1n) is 5.06. The average molecular weight is 248 g/mol. The number of benzene rings is 1. The third-order valence-corrected chi connectivity index (χ3v) is 2.42. The Morgan fingerprint density at radius 2 is 1.72 bits per heavy atom. The van der Waals surface area contributed by atoms with Crippen molar-refractivity contribution >= 4 is 0 Å². The van der Waals surface area contributed by atoms with Crippen LogP contribution >= 0.6 is 0 Å². The Morgan fingerprint density at radius 1 is 1.06 bits per heavy atom. The number of halogens is 3. The summed E-state index contributed by atoms with van der Waals surface area (Å²) in [7, 11) is 0. The van der Waals surface area contributed by atoms with Gasteiger partial charge in [0.2, 0.25) is 0 Å². The molecule has 0 spiro atoms. The third-order valence-electron chi connectivity index (χ3n) is 2.42. The molecule has 0 unspecified atom stereocenters. The number of nitrogens with zero attached hydrogens (tertiary/aromatic N) is 2. The lowest BCUT2D eigenvalue weighted by atomic mass is 10.00. The van der Waals surface area contributed by atoms with Gasteiger partial charge in [-0.3, -0.25) is 4.98 Å². The van der Waals surface area contributed by atoms with Crippen LogP contribution in [0.1, 0.15) is 11.3 Å². The summed E-state index contributed by atoms with van der Waals surface area (Å²) >= 11 is 0. The highest BCUT2D eigenvalue weighted by molar-refractivity contribution is 5.71. The van der Waals surface area contributed by atoms with Crippen molar-refractivity contribution in [1.29, 1.82) is 5.26 Å². The van der Waals surface area contributed by atoms with Crippen LogP contribution in [0.25, 0.3) is 11.1 Å². The zero-order chi connectivity index (χ0) is 13.2. The van der Waals surface area contributed by atoms with Crippen molar-refractivity contribution in [3.8, 4) is 17.2 Å². The van der Waals surface area contributed by atoms with Gasteiger partial charge in [0, 0.05) is 11.8 Å². The molecule has 18 heavy (non-hydrogen) atoms. The molecular weight excluding hydrogens is 241 g/mol. The lowest BCUT2D eigenvalue weighted by molar-refractivity contribution is -0.141. The van der Waals surface area contributed by atoms with Gasteiger partial charge in [-0.05, 0) is 11.6 Å². The van der Waals surface area contributed by atoms with Crippen molar-refractivity contribution in [2.24, 2.45) is 0 Å². The Kier molecular flexibility index (Phi) is 3.02.